The molecule has 0 aromatic carbocycles. The maximum absolute atomic E-state index is 12.8. The molecule has 2 rings (SSSR count). The molecule has 0 aliphatic rings. The van der Waals surface area contributed by atoms with Gasteiger partial charge >= 0.3 is 0 Å². The Morgan fingerprint density at radius 1 is 1.14 bits per heavy atom. The third-order valence-corrected chi connectivity index (χ3v) is 7.84. The van der Waals surface area contributed by atoms with Crippen molar-refractivity contribution in [3.63, 3.8) is 0 Å². The van der Waals surface area contributed by atoms with Gasteiger partial charge in [-0.25, -0.2) is 13.4 Å². The van der Waals surface area contributed by atoms with E-state index in [9.17, 15) is 8.42 Å². The van der Waals surface area contributed by atoms with Gasteiger partial charge in [-0.05, 0) is 54.0 Å². The van der Waals surface area contributed by atoms with Gasteiger partial charge in [-0.3, -0.25) is 9.58 Å². The van der Waals surface area contributed by atoms with Gasteiger partial charge in [0.05, 0.1) is 22.8 Å². The fourth-order valence-electron chi connectivity index (χ4n) is 3.59. The highest BCUT2D eigenvalue weighted by molar-refractivity contribution is 7.91. The van der Waals surface area contributed by atoms with Crippen molar-refractivity contribution in [3.8, 4) is 0 Å². The summed E-state index contributed by atoms with van der Waals surface area (Å²) in [6.07, 6.45) is 2.63. The number of sulfone groups is 1. The molecule has 164 valence electrons. The van der Waals surface area contributed by atoms with Crippen molar-refractivity contribution in [2.24, 2.45) is 13.0 Å². The summed E-state index contributed by atoms with van der Waals surface area (Å²) in [5, 5.41) is 4.24. The average Bonchev–Trinajstić information content (AvgIpc) is 3.13. The van der Waals surface area contributed by atoms with Crippen LogP contribution in [0.25, 0.3) is 0 Å². The molecule has 1 unspecified atom stereocenters. The Bertz CT molecular complexity index is 941. The maximum Gasteiger partial charge on any atom is 0.228 e. The molecule has 2 aromatic heterocycles. The summed E-state index contributed by atoms with van der Waals surface area (Å²) in [5.74, 6) is 0.484. The Labute approximate surface area is 176 Å². The van der Waals surface area contributed by atoms with Crippen LogP contribution >= 0.6 is 0 Å². The van der Waals surface area contributed by atoms with Crippen LogP contribution < -0.4 is 0 Å². The van der Waals surface area contributed by atoms with Gasteiger partial charge in [-0.15, -0.1) is 0 Å². The SMILES string of the molecule is Cc1nn(C)c(C)c1C(C)N(C)Cc1cnc(S(=O)(=O)C(C)C)n1CCC(C)C. The lowest BCUT2D eigenvalue weighted by Gasteiger charge is -2.26. The smallest absolute Gasteiger partial charge is 0.228 e. The predicted octanol–water partition coefficient (Wildman–Crippen LogP) is 3.65. The van der Waals surface area contributed by atoms with Crippen LogP contribution in [0.1, 0.15) is 69.7 Å². The quantitative estimate of drug-likeness (QED) is 0.615. The molecule has 0 amide bonds. The van der Waals surface area contributed by atoms with Gasteiger partial charge in [0.2, 0.25) is 15.0 Å². The fourth-order valence-corrected chi connectivity index (χ4v) is 4.73. The van der Waals surface area contributed by atoms with E-state index in [1.807, 2.05) is 23.2 Å². The highest BCUT2D eigenvalue weighted by atomic mass is 32.2. The largest absolute Gasteiger partial charge is 0.318 e. The maximum atomic E-state index is 12.8. The molecular formula is C21H37N5O2S. The summed E-state index contributed by atoms with van der Waals surface area (Å²) < 4.78 is 29.5. The first kappa shape index (κ1) is 23.6. The molecule has 0 N–H and O–H groups in total. The van der Waals surface area contributed by atoms with Crippen LogP contribution in [-0.2, 0) is 30.0 Å². The minimum absolute atomic E-state index is 0.155. The monoisotopic (exact) mass is 423 g/mol. The summed E-state index contributed by atoms with van der Waals surface area (Å²) in [6, 6.07) is 0.155. The highest BCUT2D eigenvalue weighted by Crippen LogP contribution is 2.27. The molecule has 1 atom stereocenters. The zero-order valence-electron chi connectivity index (χ0n) is 19.4. The van der Waals surface area contributed by atoms with E-state index < -0.39 is 15.1 Å². The molecule has 2 aromatic rings. The predicted molar refractivity (Wildman–Crippen MR) is 117 cm³/mol. The molecule has 0 aliphatic carbocycles. The van der Waals surface area contributed by atoms with Crippen LogP contribution in [-0.4, -0.2) is 44.9 Å². The van der Waals surface area contributed by atoms with E-state index in [0.29, 0.717) is 19.0 Å². The second kappa shape index (κ2) is 9.00. The van der Waals surface area contributed by atoms with Crippen molar-refractivity contribution in [1.82, 2.24) is 24.2 Å². The van der Waals surface area contributed by atoms with E-state index in [-0.39, 0.29) is 11.2 Å². The molecule has 29 heavy (non-hydrogen) atoms. The number of rotatable bonds is 9. The first-order valence-corrected chi connectivity index (χ1v) is 11.9. The van der Waals surface area contributed by atoms with Crippen LogP contribution in [0.3, 0.4) is 0 Å². The number of aryl methyl sites for hydroxylation is 2. The average molecular weight is 424 g/mol. The normalized spacial score (nSPS) is 13.8. The van der Waals surface area contributed by atoms with E-state index in [1.165, 1.54) is 5.56 Å². The van der Waals surface area contributed by atoms with Crippen LogP contribution in [0.5, 0.6) is 0 Å². The second-order valence-corrected chi connectivity index (χ2v) is 11.2. The Morgan fingerprint density at radius 3 is 2.24 bits per heavy atom. The molecule has 0 saturated heterocycles. The lowest BCUT2D eigenvalue weighted by Crippen LogP contribution is -2.26. The highest BCUT2D eigenvalue weighted by Gasteiger charge is 2.28. The standard InChI is InChI=1S/C21H37N5O2S/c1-14(2)10-11-26-19(12-22-21(26)29(27,28)15(3)4)13-24(8)17(6)20-16(5)23-25(9)18(20)7/h12,14-15,17H,10-11,13H2,1-9H3. The molecule has 0 saturated carbocycles. The Hall–Kier alpha value is -1.67. The number of hydrogen-bond acceptors (Lipinski definition) is 5. The first-order valence-electron chi connectivity index (χ1n) is 10.4. The van der Waals surface area contributed by atoms with Gasteiger partial charge < -0.3 is 4.57 Å². The van der Waals surface area contributed by atoms with Gasteiger partial charge in [0.15, 0.2) is 0 Å². The number of imidazole rings is 1. The second-order valence-electron chi connectivity index (χ2n) is 8.76. The zero-order valence-corrected chi connectivity index (χ0v) is 20.2. The topological polar surface area (TPSA) is 73.0 Å². The molecule has 0 fully saturated rings. The van der Waals surface area contributed by atoms with Crippen LogP contribution in [0.2, 0.25) is 0 Å². The lowest BCUT2D eigenvalue weighted by atomic mass is 10.1. The summed E-state index contributed by atoms with van der Waals surface area (Å²) in [4.78, 5) is 6.57. The van der Waals surface area contributed by atoms with Crippen molar-refractivity contribution < 1.29 is 8.42 Å². The molecule has 8 heteroatoms. The number of aromatic nitrogens is 4. The summed E-state index contributed by atoms with van der Waals surface area (Å²) in [6.45, 7) is 15.3. The molecule has 0 aliphatic heterocycles. The van der Waals surface area contributed by atoms with Crippen LogP contribution in [0, 0.1) is 19.8 Å². The Kier molecular flexibility index (Phi) is 7.32. The summed E-state index contributed by atoms with van der Waals surface area (Å²) in [5.41, 5.74) is 4.33. The summed E-state index contributed by atoms with van der Waals surface area (Å²) >= 11 is 0. The van der Waals surface area contributed by atoms with Crippen molar-refractivity contribution in [1.29, 1.82) is 0 Å². The van der Waals surface area contributed by atoms with Gasteiger partial charge in [0, 0.05) is 37.4 Å². The lowest BCUT2D eigenvalue weighted by molar-refractivity contribution is 0.243. The molecule has 0 spiro atoms. The Balaban J connectivity index is 2.37. The van der Waals surface area contributed by atoms with Crippen LogP contribution in [0.4, 0.5) is 0 Å². The van der Waals surface area contributed by atoms with E-state index in [0.717, 1.165) is 23.5 Å². The number of nitrogens with zero attached hydrogens (tertiary/aromatic N) is 5. The molecule has 7 nitrogen and oxygen atoms in total. The first-order chi connectivity index (χ1) is 13.4. The van der Waals surface area contributed by atoms with Gasteiger partial charge in [-0.2, -0.15) is 5.10 Å². The van der Waals surface area contributed by atoms with Gasteiger partial charge in [0.25, 0.3) is 0 Å². The van der Waals surface area contributed by atoms with E-state index in [1.54, 1.807) is 20.0 Å². The van der Waals surface area contributed by atoms with Gasteiger partial charge in [0.1, 0.15) is 0 Å². The van der Waals surface area contributed by atoms with Crippen molar-refractivity contribution >= 4 is 9.84 Å². The molecule has 2 heterocycles. The molecular weight excluding hydrogens is 386 g/mol. The van der Waals surface area contributed by atoms with E-state index in [2.05, 4.69) is 49.7 Å². The molecule has 0 radical (unpaired) electrons. The Morgan fingerprint density at radius 2 is 1.76 bits per heavy atom. The van der Waals surface area contributed by atoms with Gasteiger partial charge in [-0.1, -0.05) is 13.8 Å². The van der Waals surface area contributed by atoms with Crippen molar-refractivity contribution in [3.05, 3.63) is 28.8 Å². The fraction of sp³-hybridized carbons (Fsp3) is 0.714. The minimum Gasteiger partial charge on any atom is -0.318 e. The third kappa shape index (κ3) is 4.91. The zero-order chi connectivity index (χ0) is 22.1. The van der Waals surface area contributed by atoms with E-state index >= 15 is 0 Å². The van der Waals surface area contributed by atoms with E-state index in [4.69, 9.17) is 0 Å². The minimum atomic E-state index is -3.43. The van der Waals surface area contributed by atoms with Crippen LogP contribution in [0.15, 0.2) is 11.4 Å². The number of hydrogen-bond donors (Lipinski definition) is 0. The third-order valence-electron chi connectivity index (χ3n) is 5.76. The van der Waals surface area contributed by atoms with Crippen molar-refractivity contribution in [2.75, 3.05) is 7.05 Å². The van der Waals surface area contributed by atoms with Crippen molar-refractivity contribution in [2.45, 2.75) is 84.4 Å². The summed E-state index contributed by atoms with van der Waals surface area (Å²) in [7, 11) is 0.590. The molecule has 0 bridgehead atoms.